The van der Waals surface area contributed by atoms with Crippen molar-refractivity contribution in [2.45, 2.75) is 12.6 Å². The number of benzene rings is 1. The second kappa shape index (κ2) is 5.99. The highest BCUT2D eigenvalue weighted by Crippen LogP contribution is 2.20. The molecule has 1 atom stereocenters. The first-order valence-corrected chi connectivity index (χ1v) is 6.44. The van der Waals surface area contributed by atoms with Crippen molar-refractivity contribution < 1.29 is 13.9 Å². The minimum absolute atomic E-state index is 0.227. The Bertz CT molecular complexity index is 609. The van der Waals surface area contributed by atoms with Gasteiger partial charge in [0.1, 0.15) is 11.7 Å². The van der Waals surface area contributed by atoms with Crippen LogP contribution in [0.15, 0.2) is 40.1 Å². The molecule has 0 radical (unpaired) electrons. The molecular weight excluding hydrogens is 312 g/mol. The van der Waals surface area contributed by atoms with Gasteiger partial charge in [-0.25, -0.2) is 4.98 Å². The van der Waals surface area contributed by atoms with Gasteiger partial charge in [0, 0.05) is 35.0 Å². The Balaban J connectivity index is 2.18. The maximum atomic E-state index is 12.0. The molecule has 0 fully saturated rings. The number of hydrogen-bond acceptors (Lipinski definition) is 4. The number of nitrogens with one attached hydrogen (secondary N) is 1. The van der Waals surface area contributed by atoms with Crippen molar-refractivity contribution >= 4 is 32.9 Å². The van der Waals surface area contributed by atoms with Gasteiger partial charge in [-0.15, -0.1) is 6.58 Å². The number of methoxy groups -OCH3 is 1. The standard InChI is InChI=1S/C13H13BrN2O3/c1-3-4-11(18-2)16-12(17)8-5-6-10-9(7-8)15-13(14)19-10/h3,5-7,11H,1,4H2,2H3,(H,16,17). The number of fused-ring (bicyclic) bond motifs is 1. The number of halogens is 1. The zero-order chi connectivity index (χ0) is 13.8. The molecule has 0 spiro atoms. The van der Waals surface area contributed by atoms with E-state index in [1.807, 2.05) is 0 Å². The number of ether oxygens (including phenoxy) is 1. The average Bonchev–Trinajstić information content (AvgIpc) is 2.76. The zero-order valence-electron chi connectivity index (χ0n) is 10.4. The van der Waals surface area contributed by atoms with Crippen LogP contribution in [-0.2, 0) is 4.74 Å². The van der Waals surface area contributed by atoms with E-state index >= 15 is 0 Å². The van der Waals surface area contributed by atoms with Crippen molar-refractivity contribution in [2.75, 3.05) is 7.11 Å². The van der Waals surface area contributed by atoms with Crippen LogP contribution in [0.1, 0.15) is 16.8 Å². The van der Waals surface area contributed by atoms with Crippen LogP contribution in [0.2, 0.25) is 0 Å². The van der Waals surface area contributed by atoms with Gasteiger partial charge in [-0.3, -0.25) is 4.79 Å². The molecule has 100 valence electrons. The van der Waals surface area contributed by atoms with Gasteiger partial charge in [-0.1, -0.05) is 6.08 Å². The van der Waals surface area contributed by atoms with E-state index in [0.29, 0.717) is 27.9 Å². The van der Waals surface area contributed by atoms with Crippen molar-refractivity contribution in [1.82, 2.24) is 10.3 Å². The molecule has 0 saturated heterocycles. The lowest BCUT2D eigenvalue weighted by Gasteiger charge is -2.15. The van der Waals surface area contributed by atoms with Gasteiger partial charge in [-0.05, 0) is 18.2 Å². The summed E-state index contributed by atoms with van der Waals surface area (Å²) in [7, 11) is 1.53. The number of carbonyl (C=O) groups excluding carboxylic acids is 1. The summed E-state index contributed by atoms with van der Waals surface area (Å²) in [5.74, 6) is -0.227. The van der Waals surface area contributed by atoms with Crippen molar-refractivity contribution in [3.8, 4) is 0 Å². The Hall–Kier alpha value is -1.66. The maximum Gasteiger partial charge on any atom is 0.265 e. The first-order chi connectivity index (χ1) is 9.13. The first kappa shape index (κ1) is 13.8. The van der Waals surface area contributed by atoms with Crippen molar-refractivity contribution in [1.29, 1.82) is 0 Å². The fourth-order valence-electron chi connectivity index (χ4n) is 1.64. The summed E-state index contributed by atoms with van der Waals surface area (Å²) in [5, 5.41) is 2.75. The Morgan fingerprint density at radius 2 is 2.47 bits per heavy atom. The van der Waals surface area contributed by atoms with Crippen LogP contribution in [0.3, 0.4) is 0 Å². The molecule has 5 nitrogen and oxygen atoms in total. The molecule has 0 bridgehead atoms. The Kier molecular flexibility index (Phi) is 4.34. The fourth-order valence-corrected chi connectivity index (χ4v) is 2.00. The largest absolute Gasteiger partial charge is 0.431 e. The number of amides is 1. The van der Waals surface area contributed by atoms with E-state index < -0.39 is 0 Å². The van der Waals surface area contributed by atoms with E-state index in [1.165, 1.54) is 7.11 Å². The third-order valence-corrected chi connectivity index (χ3v) is 2.92. The van der Waals surface area contributed by atoms with Crippen LogP contribution in [0.5, 0.6) is 0 Å². The van der Waals surface area contributed by atoms with Crippen LogP contribution < -0.4 is 5.32 Å². The normalized spacial score (nSPS) is 12.3. The van der Waals surface area contributed by atoms with Crippen LogP contribution in [0, 0.1) is 0 Å². The highest BCUT2D eigenvalue weighted by molar-refractivity contribution is 9.10. The summed E-state index contributed by atoms with van der Waals surface area (Å²) in [6.07, 6.45) is 1.84. The van der Waals surface area contributed by atoms with Crippen molar-refractivity contribution in [3.05, 3.63) is 41.2 Å². The monoisotopic (exact) mass is 324 g/mol. The molecule has 2 rings (SSSR count). The lowest BCUT2D eigenvalue weighted by atomic mass is 10.2. The predicted octanol–water partition coefficient (Wildman–Crippen LogP) is 2.87. The third-order valence-electron chi connectivity index (χ3n) is 2.58. The highest BCUT2D eigenvalue weighted by Gasteiger charge is 2.13. The van der Waals surface area contributed by atoms with Crippen LogP contribution in [0.4, 0.5) is 0 Å². The summed E-state index contributed by atoms with van der Waals surface area (Å²) in [6, 6.07) is 5.05. The molecular formula is C13H13BrN2O3. The molecule has 0 saturated carbocycles. The van der Waals surface area contributed by atoms with Crippen LogP contribution in [-0.4, -0.2) is 24.2 Å². The molecule has 1 amide bonds. The van der Waals surface area contributed by atoms with Crippen LogP contribution >= 0.6 is 15.9 Å². The molecule has 0 aliphatic rings. The number of carbonyl (C=O) groups is 1. The maximum absolute atomic E-state index is 12.0. The summed E-state index contributed by atoms with van der Waals surface area (Å²) in [5.41, 5.74) is 1.74. The molecule has 19 heavy (non-hydrogen) atoms. The smallest absolute Gasteiger partial charge is 0.265 e. The van der Waals surface area contributed by atoms with Gasteiger partial charge in [0.25, 0.3) is 10.7 Å². The van der Waals surface area contributed by atoms with Gasteiger partial charge in [0.05, 0.1) is 0 Å². The number of aromatic nitrogens is 1. The minimum Gasteiger partial charge on any atom is -0.431 e. The van der Waals surface area contributed by atoms with E-state index in [4.69, 9.17) is 9.15 Å². The summed E-state index contributed by atoms with van der Waals surface area (Å²) in [6.45, 7) is 3.61. The lowest BCUT2D eigenvalue weighted by Crippen LogP contribution is -2.35. The number of rotatable bonds is 5. The van der Waals surface area contributed by atoms with Crippen LogP contribution in [0.25, 0.3) is 11.1 Å². The van der Waals surface area contributed by atoms with Crippen molar-refractivity contribution in [2.24, 2.45) is 0 Å². The SMILES string of the molecule is C=CCC(NC(=O)c1ccc2oc(Br)nc2c1)OC. The summed E-state index contributed by atoms with van der Waals surface area (Å²) < 4.78 is 10.4. The second-order valence-corrected chi connectivity index (χ2v) is 4.55. The van der Waals surface area contributed by atoms with E-state index in [9.17, 15) is 4.79 Å². The summed E-state index contributed by atoms with van der Waals surface area (Å²) >= 11 is 3.15. The molecule has 0 aliphatic heterocycles. The first-order valence-electron chi connectivity index (χ1n) is 5.64. The number of nitrogens with zero attached hydrogens (tertiary/aromatic N) is 1. The predicted molar refractivity (Wildman–Crippen MR) is 74.8 cm³/mol. The average molecular weight is 325 g/mol. The van der Waals surface area contributed by atoms with E-state index in [2.05, 4.69) is 32.8 Å². The molecule has 1 heterocycles. The van der Waals surface area contributed by atoms with E-state index in [0.717, 1.165) is 0 Å². The second-order valence-electron chi connectivity index (χ2n) is 3.87. The van der Waals surface area contributed by atoms with Gasteiger partial charge in [0.2, 0.25) is 0 Å². The number of hydrogen-bond donors (Lipinski definition) is 1. The highest BCUT2D eigenvalue weighted by atomic mass is 79.9. The van der Waals surface area contributed by atoms with Gasteiger partial charge in [-0.2, -0.15) is 0 Å². The molecule has 2 aromatic rings. The van der Waals surface area contributed by atoms with E-state index in [1.54, 1.807) is 24.3 Å². The number of oxazole rings is 1. The molecule has 0 aliphatic carbocycles. The van der Waals surface area contributed by atoms with Gasteiger partial charge in [0.15, 0.2) is 5.58 Å². The molecule has 6 heteroatoms. The molecule has 1 unspecified atom stereocenters. The topological polar surface area (TPSA) is 64.4 Å². The Labute approximate surface area is 118 Å². The Morgan fingerprint density at radius 3 is 3.16 bits per heavy atom. The Morgan fingerprint density at radius 1 is 1.68 bits per heavy atom. The fraction of sp³-hybridized carbons (Fsp3) is 0.231. The zero-order valence-corrected chi connectivity index (χ0v) is 11.9. The van der Waals surface area contributed by atoms with Gasteiger partial charge >= 0.3 is 0 Å². The minimum atomic E-state index is -0.384. The molecule has 1 N–H and O–H groups in total. The summed E-state index contributed by atoms with van der Waals surface area (Å²) in [4.78, 5) is 16.5. The third kappa shape index (κ3) is 3.21. The van der Waals surface area contributed by atoms with Crippen molar-refractivity contribution in [3.63, 3.8) is 0 Å². The molecule has 1 aromatic heterocycles. The molecule has 1 aromatic carbocycles. The lowest BCUT2D eigenvalue weighted by molar-refractivity contribution is 0.0594. The van der Waals surface area contributed by atoms with E-state index in [-0.39, 0.29) is 12.1 Å². The van der Waals surface area contributed by atoms with Gasteiger partial charge < -0.3 is 14.5 Å². The quantitative estimate of drug-likeness (QED) is 0.678.